The zero-order valence-electron chi connectivity index (χ0n) is 19.4. The van der Waals surface area contributed by atoms with Crippen LogP contribution < -0.4 is 5.32 Å². The maximum atomic E-state index is 12.7. The van der Waals surface area contributed by atoms with Gasteiger partial charge in [-0.05, 0) is 31.4 Å². The number of ether oxygens (including phenoxy) is 2. The number of aromatic nitrogens is 2. The predicted octanol–water partition coefficient (Wildman–Crippen LogP) is 5.05. The zero-order chi connectivity index (χ0) is 24.8. The minimum absolute atomic E-state index is 0.107. The van der Waals surface area contributed by atoms with Gasteiger partial charge >= 0.3 is 11.9 Å². The number of halogens is 1. The summed E-state index contributed by atoms with van der Waals surface area (Å²) >= 11 is 7.67. The van der Waals surface area contributed by atoms with Crippen LogP contribution in [0.15, 0.2) is 36.4 Å². The molecule has 0 aliphatic carbocycles. The fraction of sp³-hybridized carbons (Fsp3) is 0.333. The lowest BCUT2D eigenvalue weighted by Crippen LogP contribution is -2.22. The molecule has 10 heteroatoms. The number of rotatable bonds is 9. The number of carbonyl (C=O) groups is 3. The first-order chi connectivity index (χ1) is 16.2. The summed E-state index contributed by atoms with van der Waals surface area (Å²) in [5.74, 6) is -1.69. The predicted molar refractivity (Wildman–Crippen MR) is 131 cm³/mol. The molecule has 180 valence electrons. The number of amides is 1. The second-order valence-corrected chi connectivity index (χ2v) is 9.23. The van der Waals surface area contributed by atoms with E-state index >= 15 is 0 Å². The molecule has 0 fully saturated rings. The topological polar surface area (TPSA) is 99.5 Å². The minimum atomic E-state index is -0.753. The average molecular weight is 504 g/mol. The highest BCUT2D eigenvalue weighted by molar-refractivity contribution is 7.16. The number of anilines is 1. The molecule has 0 aliphatic rings. The molecule has 0 saturated heterocycles. The second-order valence-electron chi connectivity index (χ2n) is 7.79. The van der Waals surface area contributed by atoms with Gasteiger partial charge in [0.2, 0.25) is 0 Å². The van der Waals surface area contributed by atoms with Gasteiger partial charge < -0.3 is 14.8 Å². The number of thiophene rings is 1. The van der Waals surface area contributed by atoms with Gasteiger partial charge in [-0.2, -0.15) is 5.10 Å². The van der Waals surface area contributed by atoms with Gasteiger partial charge in [-0.1, -0.05) is 55.8 Å². The highest BCUT2D eigenvalue weighted by Crippen LogP contribution is 2.33. The first kappa shape index (κ1) is 25.5. The molecule has 2 aromatic heterocycles. The second kappa shape index (κ2) is 11.3. The maximum Gasteiger partial charge on any atom is 0.343 e. The Kier molecular flexibility index (Phi) is 8.46. The molecule has 1 N–H and O–H groups in total. The van der Waals surface area contributed by atoms with Crippen LogP contribution in [0.1, 0.15) is 63.5 Å². The lowest BCUT2D eigenvalue weighted by atomic mass is 10.1. The Morgan fingerprint density at radius 3 is 2.50 bits per heavy atom. The van der Waals surface area contributed by atoms with Gasteiger partial charge in [-0.3, -0.25) is 4.79 Å². The third-order valence-corrected chi connectivity index (χ3v) is 6.58. The van der Waals surface area contributed by atoms with Gasteiger partial charge in [0.05, 0.1) is 24.4 Å². The van der Waals surface area contributed by atoms with E-state index in [9.17, 15) is 14.4 Å². The third kappa shape index (κ3) is 6.03. The molecule has 0 spiro atoms. The molecule has 0 bridgehead atoms. The van der Waals surface area contributed by atoms with Gasteiger partial charge in [0.15, 0.2) is 6.61 Å². The summed E-state index contributed by atoms with van der Waals surface area (Å²) < 4.78 is 11.8. The van der Waals surface area contributed by atoms with Gasteiger partial charge in [0.25, 0.3) is 5.91 Å². The molecule has 8 nitrogen and oxygen atoms in total. The van der Waals surface area contributed by atoms with Crippen molar-refractivity contribution in [3.63, 3.8) is 0 Å². The van der Waals surface area contributed by atoms with E-state index in [1.165, 1.54) is 16.0 Å². The summed E-state index contributed by atoms with van der Waals surface area (Å²) in [4.78, 5) is 38.3. The molecule has 1 amide bonds. The van der Waals surface area contributed by atoms with Crippen molar-refractivity contribution in [1.29, 1.82) is 0 Å². The first-order valence-electron chi connectivity index (χ1n) is 10.8. The smallest absolute Gasteiger partial charge is 0.343 e. The minimum Gasteiger partial charge on any atom is -0.462 e. The lowest BCUT2D eigenvalue weighted by Gasteiger charge is -2.07. The van der Waals surface area contributed by atoms with Crippen molar-refractivity contribution < 1.29 is 23.9 Å². The highest BCUT2D eigenvalue weighted by atomic mass is 35.5. The van der Waals surface area contributed by atoms with Crippen LogP contribution in [0.4, 0.5) is 5.00 Å². The SMILES string of the molecule is CCOC(=O)c1cc(C(C)C)sc1NC(=O)COC(=O)c1c(C)nn(Cc2ccccc2)c1Cl. The molecule has 0 atom stereocenters. The van der Waals surface area contributed by atoms with E-state index in [0.717, 1.165) is 10.4 Å². The summed E-state index contributed by atoms with van der Waals surface area (Å²) in [5, 5.41) is 7.46. The van der Waals surface area contributed by atoms with Gasteiger partial charge in [0, 0.05) is 4.88 Å². The maximum absolute atomic E-state index is 12.7. The Hall–Kier alpha value is -3.17. The van der Waals surface area contributed by atoms with Crippen LogP contribution in [0.3, 0.4) is 0 Å². The van der Waals surface area contributed by atoms with E-state index in [1.807, 2.05) is 44.2 Å². The monoisotopic (exact) mass is 503 g/mol. The van der Waals surface area contributed by atoms with Crippen LogP contribution in [0, 0.1) is 6.92 Å². The number of aryl methyl sites for hydroxylation is 1. The molecule has 0 unspecified atom stereocenters. The molecule has 2 heterocycles. The Bertz CT molecular complexity index is 1190. The van der Waals surface area contributed by atoms with E-state index in [1.54, 1.807) is 19.9 Å². The molecule has 0 saturated carbocycles. The van der Waals surface area contributed by atoms with Crippen molar-refractivity contribution in [2.45, 2.75) is 40.2 Å². The summed E-state index contributed by atoms with van der Waals surface area (Å²) in [7, 11) is 0. The normalized spacial score (nSPS) is 10.9. The molecule has 1 aromatic carbocycles. The van der Waals surface area contributed by atoms with Crippen LogP contribution in [-0.2, 0) is 20.8 Å². The molecular formula is C24H26ClN3O5S. The van der Waals surface area contributed by atoms with Crippen molar-refractivity contribution in [1.82, 2.24) is 9.78 Å². The number of hydrogen-bond acceptors (Lipinski definition) is 7. The van der Waals surface area contributed by atoms with Crippen molar-refractivity contribution in [2.75, 3.05) is 18.5 Å². The quantitative estimate of drug-likeness (QED) is 0.410. The number of hydrogen-bond donors (Lipinski definition) is 1. The molecule has 0 aliphatic heterocycles. The van der Waals surface area contributed by atoms with E-state index in [-0.39, 0.29) is 28.8 Å². The molecule has 3 aromatic rings. The van der Waals surface area contributed by atoms with Crippen LogP contribution in [0.5, 0.6) is 0 Å². The molecule has 3 rings (SSSR count). The highest BCUT2D eigenvalue weighted by Gasteiger charge is 2.24. The van der Waals surface area contributed by atoms with Crippen molar-refractivity contribution in [3.8, 4) is 0 Å². The standard InChI is InChI=1S/C24H26ClN3O5S/c1-5-32-23(30)17-11-18(14(2)3)34-22(17)26-19(29)13-33-24(31)20-15(4)27-28(21(20)25)12-16-9-7-6-8-10-16/h6-11,14H,5,12-13H2,1-4H3,(H,26,29). The van der Waals surface area contributed by atoms with E-state index in [2.05, 4.69) is 10.4 Å². The number of carbonyl (C=O) groups excluding carboxylic acids is 3. The number of nitrogens with one attached hydrogen (secondary N) is 1. The van der Waals surface area contributed by atoms with Crippen molar-refractivity contribution in [3.05, 3.63) is 68.8 Å². The van der Waals surface area contributed by atoms with Crippen LogP contribution in [0.2, 0.25) is 5.15 Å². The van der Waals surface area contributed by atoms with Crippen LogP contribution in [0.25, 0.3) is 0 Å². The van der Waals surface area contributed by atoms with Crippen molar-refractivity contribution >= 4 is 45.8 Å². The fourth-order valence-electron chi connectivity index (χ4n) is 3.16. The lowest BCUT2D eigenvalue weighted by molar-refractivity contribution is -0.119. The number of esters is 2. The first-order valence-corrected chi connectivity index (χ1v) is 11.9. The third-order valence-electron chi connectivity index (χ3n) is 4.85. The van der Waals surface area contributed by atoms with Crippen molar-refractivity contribution in [2.24, 2.45) is 0 Å². The van der Waals surface area contributed by atoms with E-state index < -0.39 is 24.5 Å². The molecular weight excluding hydrogens is 478 g/mol. The van der Waals surface area contributed by atoms with Gasteiger partial charge in [-0.25, -0.2) is 14.3 Å². The Morgan fingerprint density at radius 2 is 1.85 bits per heavy atom. The summed E-state index contributed by atoms with van der Waals surface area (Å²) in [6, 6.07) is 11.3. The van der Waals surface area contributed by atoms with E-state index in [0.29, 0.717) is 17.2 Å². The molecule has 0 radical (unpaired) electrons. The van der Waals surface area contributed by atoms with Crippen LogP contribution >= 0.6 is 22.9 Å². The van der Waals surface area contributed by atoms with E-state index in [4.69, 9.17) is 21.1 Å². The summed E-state index contributed by atoms with van der Waals surface area (Å²) in [6.07, 6.45) is 0. The largest absolute Gasteiger partial charge is 0.462 e. The fourth-order valence-corrected chi connectivity index (χ4v) is 4.54. The summed E-state index contributed by atoms with van der Waals surface area (Å²) in [5.41, 5.74) is 1.75. The summed E-state index contributed by atoms with van der Waals surface area (Å²) in [6.45, 7) is 7.39. The molecule has 34 heavy (non-hydrogen) atoms. The Balaban J connectivity index is 1.67. The number of benzene rings is 1. The van der Waals surface area contributed by atoms with Crippen LogP contribution in [-0.4, -0.2) is 40.8 Å². The Morgan fingerprint density at radius 1 is 1.15 bits per heavy atom. The van der Waals surface area contributed by atoms with Gasteiger partial charge in [0.1, 0.15) is 15.7 Å². The number of nitrogens with zero attached hydrogens (tertiary/aromatic N) is 2. The Labute approximate surface area is 206 Å². The van der Waals surface area contributed by atoms with Gasteiger partial charge in [-0.15, -0.1) is 11.3 Å². The zero-order valence-corrected chi connectivity index (χ0v) is 21.0. The average Bonchev–Trinajstić information content (AvgIpc) is 3.34.